The second-order valence-electron chi connectivity index (χ2n) is 6.17. The molecule has 2 heterocycles. The number of ether oxygens (including phenoxy) is 2. The zero-order valence-electron chi connectivity index (χ0n) is 11.7. The van der Waals surface area contributed by atoms with Crippen LogP contribution in [0.2, 0.25) is 0 Å². The maximum Gasteiger partial charge on any atom is 0.410 e. The van der Waals surface area contributed by atoms with Crippen LogP contribution in [0.25, 0.3) is 0 Å². The van der Waals surface area contributed by atoms with E-state index in [9.17, 15) is 4.79 Å². The first kappa shape index (κ1) is 13.6. The van der Waals surface area contributed by atoms with Gasteiger partial charge in [-0.05, 0) is 34.1 Å². The van der Waals surface area contributed by atoms with Crippen molar-refractivity contribution in [2.24, 2.45) is 0 Å². The zero-order chi connectivity index (χ0) is 13.3. The van der Waals surface area contributed by atoms with Gasteiger partial charge in [-0.2, -0.15) is 0 Å². The molecule has 1 N–H and O–H groups in total. The van der Waals surface area contributed by atoms with Gasteiger partial charge in [0.25, 0.3) is 0 Å². The third-order valence-corrected chi connectivity index (χ3v) is 3.31. The molecule has 0 aromatic heterocycles. The van der Waals surface area contributed by atoms with Crippen molar-refractivity contribution in [1.29, 1.82) is 0 Å². The summed E-state index contributed by atoms with van der Waals surface area (Å²) in [6, 6.07) is 0.143. The van der Waals surface area contributed by atoms with Crippen LogP contribution in [-0.2, 0) is 9.47 Å². The number of nitrogens with one attached hydrogen (secondary N) is 1. The average molecular weight is 256 g/mol. The SMILES string of the molecule is CC1C[C@@H]2[C@@H](CNCCN2C(=O)OC(C)(C)C)O1. The summed E-state index contributed by atoms with van der Waals surface area (Å²) in [4.78, 5) is 14.1. The molecule has 0 bridgehead atoms. The first-order valence-electron chi connectivity index (χ1n) is 6.72. The van der Waals surface area contributed by atoms with Crippen LogP contribution in [0.3, 0.4) is 0 Å². The fourth-order valence-corrected chi connectivity index (χ4v) is 2.61. The fourth-order valence-electron chi connectivity index (χ4n) is 2.61. The lowest BCUT2D eigenvalue weighted by molar-refractivity contribution is 0.00471. The highest BCUT2D eigenvalue weighted by Gasteiger charge is 2.41. The minimum absolute atomic E-state index is 0.0926. The molecule has 0 aromatic carbocycles. The minimum Gasteiger partial charge on any atom is -0.444 e. The molecule has 1 unspecified atom stereocenters. The number of amides is 1. The van der Waals surface area contributed by atoms with Crippen molar-refractivity contribution in [3.8, 4) is 0 Å². The third-order valence-electron chi connectivity index (χ3n) is 3.31. The van der Waals surface area contributed by atoms with E-state index in [4.69, 9.17) is 9.47 Å². The maximum atomic E-state index is 12.2. The van der Waals surface area contributed by atoms with Crippen molar-refractivity contribution >= 4 is 6.09 Å². The van der Waals surface area contributed by atoms with E-state index < -0.39 is 5.60 Å². The number of rotatable bonds is 0. The van der Waals surface area contributed by atoms with Crippen molar-refractivity contribution in [3.63, 3.8) is 0 Å². The summed E-state index contributed by atoms with van der Waals surface area (Å²) in [5, 5.41) is 3.31. The second-order valence-corrected chi connectivity index (χ2v) is 6.17. The first-order valence-corrected chi connectivity index (χ1v) is 6.72. The number of carbonyl (C=O) groups excluding carboxylic acids is 1. The van der Waals surface area contributed by atoms with Crippen molar-refractivity contribution in [1.82, 2.24) is 10.2 Å². The molecule has 104 valence electrons. The Labute approximate surface area is 109 Å². The largest absolute Gasteiger partial charge is 0.444 e. The van der Waals surface area contributed by atoms with Crippen LogP contribution in [0.15, 0.2) is 0 Å². The number of hydrogen-bond acceptors (Lipinski definition) is 4. The molecule has 2 fully saturated rings. The Morgan fingerprint density at radius 1 is 1.44 bits per heavy atom. The zero-order valence-corrected chi connectivity index (χ0v) is 11.7. The molecule has 0 aliphatic carbocycles. The topological polar surface area (TPSA) is 50.8 Å². The highest BCUT2D eigenvalue weighted by atomic mass is 16.6. The molecule has 3 atom stereocenters. The van der Waals surface area contributed by atoms with Gasteiger partial charge in [-0.15, -0.1) is 0 Å². The molecule has 2 aliphatic heterocycles. The second kappa shape index (κ2) is 5.05. The van der Waals surface area contributed by atoms with Gasteiger partial charge in [-0.1, -0.05) is 0 Å². The monoisotopic (exact) mass is 256 g/mol. The number of fused-ring (bicyclic) bond motifs is 1. The fraction of sp³-hybridized carbons (Fsp3) is 0.923. The molecule has 0 spiro atoms. The summed E-state index contributed by atoms with van der Waals surface area (Å²) in [5.41, 5.74) is -0.447. The Kier molecular flexibility index (Phi) is 3.82. The standard InChI is InChI=1S/C13H24N2O3/c1-9-7-10-11(17-9)8-14-5-6-15(10)12(16)18-13(2,3)4/h9-11,14H,5-8H2,1-4H3/t9?,10-,11-/m1/s1. The Hall–Kier alpha value is -0.810. The van der Waals surface area contributed by atoms with Crippen LogP contribution in [0.1, 0.15) is 34.1 Å². The quantitative estimate of drug-likeness (QED) is 0.711. The number of carbonyl (C=O) groups is 1. The van der Waals surface area contributed by atoms with Gasteiger partial charge in [0.1, 0.15) is 5.60 Å². The summed E-state index contributed by atoms with van der Waals surface area (Å²) < 4.78 is 11.3. The van der Waals surface area contributed by atoms with Crippen molar-refractivity contribution in [2.45, 2.75) is 58.0 Å². The van der Waals surface area contributed by atoms with E-state index in [1.807, 2.05) is 25.7 Å². The minimum atomic E-state index is -0.447. The van der Waals surface area contributed by atoms with Crippen LogP contribution in [0.5, 0.6) is 0 Å². The van der Waals surface area contributed by atoms with E-state index in [1.54, 1.807) is 0 Å². The number of nitrogens with zero attached hydrogens (tertiary/aromatic N) is 1. The lowest BCUT2D eigenvalue weighted by Crippen LogP contribution is -2.47. The average Bonchev–Trinajstić information content (AvgIpc) is 2.45. The molecule has 0 radical (unpaired) electrons. The molecule has 18 heavy (non-hydrogen) atoms. The molecule has 2 saturated heterocycles. The normalized spacial score (nSPS) is 32.9. The Morgan fingerprint density at radius 3 is 2.83 bits per heavy atom. The van der Waals surface area contributed by atoms with Crippen LogP contribution >= 0.6 is 0 Å². The van der Waals surface area contributed by atoms with Gasteiger partial charge in [-0.25, -0.2) is 4.79 Å². The Morgan fingerprint density at radius 2 is 2.17 bits per heavy atom. The molecular weight excluding hydrogens is 232 g/mol. The molecule has 2 aliphatic rings. The lowest BCUT2D eigenvalue weighted by Gasteiger charge is -2.31. The maximum absolute atomic E-state index is 12.2. The lowest BCUT2D eigenvalue weighted by atomic mass is 10.1. The van der Waals surface area contributed by atoms with E-state index in [-0.39, 0.29) is 24.3 Å². The van der Waals surface area contributed by atoms with Gasteiger partial charge in [0.05, 0.1) is 18.2 Å². The van der Waals surface area contributed by atoms with Crippen molar-refractivity contribution in [3.05, 3.63) is 0 Å². The Bertz CT molecular complexity index is 314. The van der Waals surface area contributed by atoms with E-state index in [2.05, 4.69) is 12.2 Å². The summed E-state index contributed by atoms with van der Waals surface area (Å²) in [5.74, 6) is 0. The van der Waals surface area contributed by atoms with Gasteiger partial charge < -0.3 is 19.7 Å². The molecule has 0 saturated carbocycles. The van der Waals surface area contributed by atoms with E-state index in [1.165, 1.54) is 0 Å². The van der Waals surface area contributed by atoms with Crippen LogP contribution in [0, 0.1) is 0 Å². The third kappa shape index (κ3) is 3.14. The van der Waals surface area contributed by atoms with Crippen LogP contribution in [-0.4, -0.2) is 54.5 Å². The summed E-state index contributed by atoms with van der Waals surface area (Å²) in [6.45, 7) is 10.0. The van der Waals surface area contributed by atoms with Gasteiger partial charge in [0.2, 0.25) is 0 Å². The van der Waals surface area contributed by atoms with Gasteiger partial charge in [0.15, 0.2) is 0 Å². The van der Waals surface area contributed by atoms with E-state index >= 15 is 0 Å². The first-order chi connectivity index (χ1) is 8.37. The smallest absolute Gasteiger partial charge is 0.410 e. The van der Waals surface area contributed by atoms with Crippen molar-refractivity contribution in [2.75, 3.05) is 19.6 Å². The van der Waals surface area contributed by atoms with E-state index in [0.717, 1.165) is 19.5 Å². The molecule has 5 nitrogen and oxygen atoms in total. The molecule has 1 amide bonds. The van der Waals surface area contributed by atoms with E-state index in [0.29, 0.717) is 6.54 Å². The Balaban J connectivity index is 2.07. The predicted molar refractivity (Wildman–Crippen MR) is 68.5 cm³/mol. The van der Waals surface area contributed by atoms with Gasteiger partial charge in [0, 0.05) is 19.6 Å². The van der Waals surface area contributed by atoms with Crippen LogP contribution < -0.4 is 5.32 Å². The molecule has 0 aromatic rings. The molecular formula is C13H24N2O3. The number of hydrogen-bond donors (Lipinski definition) is 1. The summed E-state index contributed by atoms with van der Waals surface area (Å²) >= 11 is 0. The van der Waals surface area contributed by atoms with Crippen molar-refractivity contribution < 1.29 is 14.3 Å². The molecule has 2 rings (SSSR count). The summed E-state index contributed by atoms with van der Waals surface area (Å²) in [6.07, 6.45) is 0.977. The van der Waals surface area contributed by atoms with Gasteiger partial charge >= 0.3 is 6.09 Å². The predicted octanol–water partition coefficient (Wildman–Crippen LogP) is 1.37. The van der Waals surface area contributed by atoms with Crippen LogP contribution in [0.4, 0.5) is 4.79 Å². The molecule has 5 heteroatoms. The summed E-state index contributed by atoms with van der Waals surface area (Å²) in [7, 11) is 0. The van der Waals surface area contributed by atoms with Gasteiger partial charge in [-0.3, -0.25) is 0 Å². The highest BCUT2D eigenvalue weighted by Crippen LogP contribution is 2.27. The highest BCUT2D eigenvalue weighted by molar-refractivity contribution is 5.68.